The first-order chi connectivity index (χ1) is 7.65. The van der Waals surface area contributed by atoms with Crippen LogP contribution in [0.25, 0.3) is 0 Å². The number of halogens is 1. The Hall–Kier alpha value is -1.06. The fraction of sp³-hybridized carbons (Fsp3) is 0.417. The molecule has 1 aromatic carbocycles. The first-order valence-electron chi connectivity index (χ1n) is 5.37. The van der Waals surface area contributed by atoms with Crippen LogP contribution in [0.2, 0.25) is 5.02 Å². The molecule has 1 aliphatic rings. The van der Waals surface area contributed by atoms with E-state index in [2.05, 4.69) is 5.32 Å². The zero-order valence-corrected chi connectivity index (χ0v) is 9.83. The van der Waals surface area contributed by atoms with E-state index in [4.69, 9.17) is 16.3 Å². The lowest BCUT2D eigenvalue weighted by atomic mass is 10.2. The first kappa shape index (κ1) is 11.4. The van der Waals surface area contributed by atoms with Gasteiger partial charge in [-0.1, -0.05) is 11.6 Å². The number of rotatable bonds is 2. The summed E-state index contributed by atoms with van der Waals surface area (Å²) >= 11 is 5.76. The lowest BCUT2D eigenvalue weighted by Crippen LogP contribution is -2.27. The molecule has 0 aromatic heterocycles. The Labute approximate surface area is 99.7 Å². The minimum absolute atomic E-state index is 0.0772. The molecule has 0 bridgehead atoms. The van der Waals surface area contributed by atoms with E-state index in [-0.39, 0.29) is 18.1 Å². The Morgan fingerprint density at radius 2 is 2.06 bits per heavy atom. The van der Waals surface area contributed by atoms with Crippen molar-refractivity contribution in [2.75, 3.05) is 5.32 Å². The SMILES string of the molecule is CC1CCC(C(=O)Nc2ccc(Cl)cc2)O1. The van der Waals surface area contributed by atoms with Crippen LogP contribution in [-0.4, -0.2) is 18.1 Å². The number of ether oxygens (including phenoxy) is 1. The van der Waals surface area contributed by atoms with Crippen molar-refractivity contribution in [2.24, 2.45) is 0 Å². The minimum Gasteiger partial charge on any atom is -0.365 e. The first-order valence-corrected chi connectivity index (χ1v) is 5.75. The van der Waals surface area contributed by atoms with Crippen molar-refractivity contribution >= 4 is 23.2 Å². The molecule has 2 atom stereocenters. The van der Waals surface area contributed by atoms with E-state index in [1.54, 1.807) is 24.3 Å². The van der Waals surface area contributed by atoms with Gasteiger partial charge in [0.05, 0.1) is 6.10 Å². The smallest absolute Gasteiger partial charge is 0.253 e. The topological polar surface area (TPSA) is 38.3 Å². The molecule has 1 fully saturated rings. The molecular formula is C12H14ClNO2. The molecule has 3 nitrogen and oxygen atoms in total. The number of anilines is 1. The maximum Gasteiger partial charge on any atom is 0.253 e. The highest BCUT2D eigenvalue weighted by atomic mass is 35.5. The summed E-state index contributed by atoms with van der Waals surface area (Å²) in [5.41, 5.74) is 0.748. The molecule has 1 N–H and O–H groups in total. The number of hydrogen-bond acceptors (Lipinski definition) is 2. The van der Waals surface area contributed by atoms with Crippen LogP contribution in [0, 0.1) is 0 Å². The summed E-state index contributed by atoms with van der Waals surface area (Å²) in [5.74, 6) is -0.0772. The van der Waals surface area contributed by atoms with Gasteiger partial charge in [0.2, 0.25) is 0 Å². The van der Waals surface area contributed by atoms with E-state index in [0.717, 1.165) is 18.5 Å². The van der Waals surface area contributed by atoms with Crippen LogP contribution < -0.4 is 5.32 Å². The molecule has 0 saturated carbocycles. The van der Waals surface area contributed by atoms with Gasteiger partial charge in [0, 0.05) is 10.7 Å². The summed E-state index contributed by atoms with van der Waals surface area (Å²) in [6, 6.07) is 7.04. The molecule has 4 heteroatoms. The Kier molecular flexibility index (Phi) is 3.46. The third kappa shape index (κ3) is 2.74. The van der Waals surface area contributed by atoms with Crippen molar-refractivity contribution in [1.29, 1.82) is 0 Å². The van der Waals surface area contributed by atoms with Crippen LogP contribution in [0.5, 0.6) is 0 Å². The normalized spacial score (nSPS) is 24.4. The maximum absolute atomic E-state index is 11.8. The van der Waals surface area contributed by atoms with Crippen molar-refractivity contribution < 1.29 is 9.53 Å². The summed E-state index contributed by atoms with van der Waals surface area (Å²) in [6.45, 7) is 1.98. The predicted octanol–water partition coefficient (Wildman–Crippen LogP) is 2.85. The van der Waals surface area contributed by atoms with Crippen LogP contribution in [0.4, 0.5) is 5.69 Å². The van der Waals surface area contributed by atoms with E-state index in [1.165, 1.54) is 0 Å². The van der Waals surface area contributed by atoms with Gasteiger partial charge in [-0.3, -0.25) is 4.79 Å². The molecule has 0 radical (unpaired) electrons. The quantitative estimate of drug-likeness (QED) is 0.862. The number of amides is 1. The molecule has 0 spiro atoms. The van der Waals surface area contributed by atoms with Gasteiger partial charge in [0.15, 0.2) is 0 Å². The van der Waals surface area contributed by atoms with Crippen LogP contribution >= 0.6 is 11.6 Å². The highest BCUT2D eigenvalue weighted by Gasteiger charge is 2.27. The Bertz CT molecular complexity index is 377. The fourth-order valence-corrected chi connectivity index (χ4v) is 1.88. The van der Waals surface area contributed by atoms with Crippen molar-refractivity contribution in [2.45, 2.75) is 32.0 Å². The molecule has 86 valence electrons. The maximum atomic E-state index is 11.8. The molecule has 2 unspecified atom stereocenters. The predicted molar refractivity (Wildman–Crippen MR) is 63.7 cm³/mol. The second-order valence-electron chi connectivity index (χ2n) is 4.01. The number of carbonyl (C=O) groups excluding carboxylic acids is 1. The second-order valence-corrected chi connectivity index (χ2v) is 4.45. The van der Waals surface area contributed by atoms with Gasteiger partial charge in [-0.25, -0.2) is 0 Å². The highest BCUT2D eigenvalue weighted by molar-refractivity contribution is 6.30. The van der Waals surface area contributed by atoms with Crippen LogP contribution in [0.15, 0.2) is 24.3 Å². The van der Waals surface area contributed by atoms with Crippen molar-refractivity contribution in [3.63, 3.8) is 0 Å². The second kappa shape index (κ2) is 4.85. The molecular weight excluding hydrogens is 226 g/mol. The molecule has 0 aliphatic carbocycles. The summed E-state index contributed by atoms with van der Waals surface area (Å²) < 4.78 is 5.48. The largest absolute Gasteiger partial charge is 0.365 e. The minimum atomic E-state index is -0.314. The summed E-state index contributed by atoms with van der Waals surface area (Å²) in [6.07, 6.45) is 1.60. The highest BCUT2D eigenvalue weighted by Crippen LogP contribution is 2.21. The standard InChI is InChI=1S/C12H14ClNO2/c1-8-2-7-11(16-8)12(15)14-10-5-3-9(13)4-6-10/h3-6,8,11H,2,7H2,1H3,(H,14,15). The summed E-state index contributed by atoms with van der Waals surface area (Å²) in [7, 11) is 0. The monoisotopic (exact) mass is 239 g/mol. The van der Waals surface area contributed by atoms with E-state index in [0.29, 0.717) is 5.02 Å². The van der Waals surface area contributed by atoms with Gasteiger partial charge in [0.1, 0.15) is 6.10 Å². The van der Waals surface area contributed by atoms with E-state index in [9.17, 15) is 4.79 Å². The zero-order valence-electron chi connectivity index (χ0n) is 9.07. The van der Waals surface area contributed by atoms with Gasteiger partial charge in [-0.2, -0.15) is 0 Å². The molecule has 1 heterocycles. The number of hydrogen-bond donors (Lipinski definition) is 1. The van der Waals surface area contributed by atoms with Gasteiger partial charge in [-0.15, -0.1) is 0 Å². The van der Waals surface area contributed by atoms with Gasteiger partial charge in [-0.05, 0) is 44.0 Å². The third-order valence-electron chi connectivity index (χ3n) is 2.64. The van der Waals surface area contributed by atoms with Gasteiger partial charge in [0.25, 0.3) is 5.91 Å². The molecule has 2 rings (SSSR count). The number of nitrogens with one attached hydrogen (secondary N) is 1. The van der Waals surface area contributed by atoms with Crippen molar-refractivity contribution in [3.05, 3.63) is 29.3 Å². The fourth-order valence-electron chi connectivity index (χ4n) is 1.75. The zero-order chi connectivity index (χ0) is 11.5. The van der Waals surface area contributed by atoms with Crippen LogP contribution in [-0.2, 0) is 9.53 Å². The Balaban J connectivity index is 1.94. The average Bonchev–Trinajstić information content (AvgIpc) is 2.68. The molecule has 1 saturated heterocycles. The van der Waals surface area contributed by atoms with E-state index in [1.807, 2.05) is 6.92 Å². The molecule has 1 aliphatic heterocycles. The van der Waals surface area contributed by atoms with Crippen LogP contribution in [0.3, 0.4) is 0 Å². The number of carbonyl (C=O) groups is 1. The van der Waals surface area contributed by atoms with Crippen molar-refractivity contribution in [3.8, 4) is 0 Å². The van der Waals surface area contributed by atoms with Crippen LogP contribution in [0.1, 0.15) is 19.8 Å². The molecule has 1 amide bonds. The molecule has 1 aromatic rings. The Morgan fingerprint density at radius 1 is 1.38 bits per heavy atom. The lowest BCUT2D eigenvalue weighted by molar-refractivity contribution is -0.126. The van der Waals surface area contributed by atoms with Crippen molar-refractivity contribution in [1.82, 2.24) is 0 Å². The average molecular weight is 240 g/mol. The lowest BCUT2D eigenvalue weighted by Gasteiger charge is -2.11. The molecule has 16 heavy (non-hydrogen) atoms. The third-order valence-corrected chi connectivity index (χ3v) is 2.89. The Morgan fingerprint density at radius 3 is 2.62 bits per heavy atom. The van der Waals surface area contributed by atoms with E-state index >= 15 is 0 Å². The summed E-state index contributed by atoms with van der Waals surface area (Å²) in [5, 5.41) is 3.47. The van der Waals surface area contributed by atoms with Gasteiger partial charge >= 0.3 is 0 Å². The van der Waals surface area contributed by atoms with Gasteiger partial charge < -0.3 is 10.1 Å². The number of benzene rings is 1. The summed E-state index contributed by atoms with van der Waals surface area (Å²) in [4.78, 5) is 11.8. The van der Waals surface area contributed by atoms with E-state index < -0.39 is 0 Å².